The molecule has 0 aliphatic carbocycles. The summed E-state index contributed by atoms with van der Waals surface area (Å²) in [5, 5.41) is 12.7. The topological polar surface area (TPSA) is 0 Å². The molecule has 0 heteroatoms. The number of hydrogen-bond acceptors (Lipinski definition) is 0. The van der Waals surface area contributed by atoms with E-state index < -0.39 is 0 Å². The van der Waals surface area contributed by atoms with Gasteiger partial charge in [0.05, 0.1) is 0 Å². The van der Waals surface area contributed by atoms with Crippen molar-refractivity contribution in [1.29, 1.82) is 0 Å². The number of benzene rings is 10. The van der Waals surface area contributed by atoms with Crippen LogP contribution in [0.15, 0.2) is 194 Å². The third-order valence-corrected chi connectivity index (χ3v) is 10.7. The van der Waals surface area contributed by atoms with Gasteiger partial charge in [0.1, 0.15) is 0 Å². The molecule has 0 atom stereocenters. The zero-order valence-electron chi connectivity index (χ0n) is 28.6. The van der Waals surface area contributed by atoms with Gasteiger partial charge in [-0.1, -0.05) is 200 Å². The maximum Gasteiger partial charge on any atom is -0.00139 e. The van der Waals surface area contributed by atoms with E-state index in [2.05, 4.69) is 206 Å². The SMILES string of the molecule is C(=C\c1ccc(-c2ccccc2)c2ccccc12)/c1ccc(-c2c3ccccc3c(-c3c4ccccc4cc4ccccc34)c3ccccc23)cc1. The summed E-state index contributed by atoms with van der Waals surface area (Å²) in [7, 11) is 0. The fourth-order valence-corrected chi connectivity index (χ4v) is 8.28. The molecule has 0 fully saturated rings. The van der Waals surface area contributed by atoms with Gasteiger partial charge in [0.25, 0.3) is 0 Å². The summed E-state index contributed by atoms with van der Waals surface area (Å²) in [5.74, 6) is 0. The molecule has 0 N–H and O–H groups in total. The molecule has 0 aliphatic rings. The van der Waals surface area contributed by atoms with Crippen LogP contribution in [0, 0.1) is 0 Å². The van der Waals surface area contributed by atoms with Crippen molar-refractivity contribution in [1.82, 2.24) is 0 Å². The molecule has 0 heterocycles. The van der Waals surface area contributed by atoms with E-state index in [1.165, 1.54) is 98.4 Å². The minimum absolute atomic E-state index is 1.17. The van der Waals surface area contributed by atoms with Crippen molar-refractivity contribution in [3.8, 4) is 33.4 Å². The van der Waals surface area contributed by atoms with Crippen LogP contribution >= 0.6 is 0 Å². The molecule has 0 unspecified atom stereocenters. The molecule has 0 amide bonds. The maximum atomic E-state index is 2.32. The van der Waals surface area contributed by atoms with Gasteiger partial charge in [0.15, 0.2) is 0 Å². The first-order chi connectivity index (χ1) is 25.8. The van der Waals surface area contributed by atoms with Gasteiger partial charge in [0, 0.05) is 0 Å². The smallest absolute Gasteiger partial charge is 0.00139 e. The van der Waals surface area contributed by atoms with Gasteiger partial charge in [-0.25, -0.2) is 0 Å². The van der Waals surface area contributed by atoms with Crippen LogP contribution < -0.4 is 0 Å². The van der Waals surface area contributed by atoms with Gasteiger partial charge in [-0.15, -0.1) is 0 Å². The second-order valence-electron chi connectivity index (χ2n) is 13.6. The van der Waals surface area contributed by atoms with Gasteiger partial charge in [-0.3, -0.25) is 0 Å². The summed E-state index contributed by atoms with van der Waals surface area (Å²) in [6, 6.07) is 70.8. The highest BCUT2D eigenvalue weighted by Crippen LogP contribution is 2.47. The molecule has 0 aromatic heterocycles. The Kier molecular flexibility index (Phi) is 7.25. The fraction of sp³-hybridized carbons (Fsp3) is 0. The normalized spacial score (nSPS) is 11.8. The van der Waals surface area contributed by atoms with E-state index in [1.54, 1.807) is 0 Å². The predicted molar refractivity (Wildman–Crippen MR) is 226 cm³/mol. The Morgan fingerprint density at radius 2 is 0.731 bits per heavy atom. The molecule has 10 aromatic rings. The Bertz CT molecular complexity index is 2870. The molecule has 0 bridgehead atoms. The van der Waals surface area contributed by atoms with Crippen molar-refractivity contribution < 1.29 is 0 Å². The maximum absolute atomic E-state index is 2.32. The summed E-state index contributed by atoms with van der Waals surface area (Å²) in [4.78, 5) is 0. The van der Waals surface area contributed by atoms with Crippen molar-refractivity contribution in [3.05, 3.63) is 205 Å². The Balaban J connectivity index is 1.11. The van der Waals surface area contributed by atoms with Crippen LogP contribution in [0.4, 0.5) is 0 Å². The molecule has 0 saturated carbocycles. The second kappa shape index (κ2) is 12.5. The molecule has 0 nitrogen and oxygen atoms in total. The molecular weight excluding hydrogens is 625 g/mol. The lowest BCUT2D eigenvalue weighted by Crippen LogP contribution is -1.93. The lowest BCUT2D eigenvalue weighted by atomic mass is 9.83. The molecule has 242 valence electrons. The van der Waals surface area contributed by atoms with Crippen molar-refractivity contribution in [2.24, 2.45) is 0 Å². The van der Waals surface area contributed by atoms with Gasteiger partial charge in [-0.2, -0.15) is 0 Å². The number of rotatable bonds is 5. The molecule has 0 radical (unpaired) electrons. The molecule has 0 saturated heterocycles. The molecule has 0 spiro atoms. The summed E-state index contributed by atoms with van der Waals surface area (Å²) in [5.41, 5.74) is 9.99. The molecule has 10 rings (SSSR count). The molecular formula is C52H34. The van der Waals surface area contributed by atoms with E-state index in [4.69, 9.17) is 0 Å². The highest BCUT2D eigenvalue weighted by atomic mass is 14.2. The largest absolute Gasteiger partial charge is 0.0622 e. The van der Waals surface area contributed by atoms with E-state index in [0.717, 1.165) is 0 Å². The quantitative estimate of drug-likeness (QED) is 0.128. The van der Waals surface area contributed by atoms with Crippen LogP contribution in [0.5, 0.6) is 0 Å². The lowest BCUT2D eigenvalue weighted by Gasteiger charge is -2.20. The van der Waals surface area contributed by atoms with E-state index in [0.29, 0.717) is 0 Å². The number of hydrogen-bond donors (Lipinski definition) is 0. The zero-order valence-corrected chi connectivity index (χ0v) is 28.6. The van der Waals surface area contributed by atoms with E-state index >= 15 is 0 Å². The summed E-state index contributed by atoms with van der Waals surface area (Å²) in [6.07, 6.45) is 4.49. The van der Waals surface area contributed by atoms with Crippen molar-refractivity contribution in [2.45, 2.75) is 0 Å². The average Bonchev–Trinajstić information content (AvgIpc) is 3.22. The van der Waals surface area contributed by atoms with E-state index in [-0.39, 0.29) is 0 Å². The van der Waals surface area contributed by atoms with Crippen LogP contribution in [-0.4, -0.2) is 0 Å². The monoisotopic (exact) mass is 658 g/mol. The van der Waals surface area contributed by atoms with Crippen molar-refractivity contribution >= 4 is 66.0 Å². The fourth-order valence-electron chi connectivity index (χ4n) is 8.28. The highest BCUT2D eigenvalue weighted by Gasteiger charge is 2.19. The summed E-state index contributed by atoms with van der Waals surface area (Å²) >= 11 is 0. The summed E-state index contributed by atoms with van der Waals surface area (Å²) in [6.45, 7) is 0. The van der Waals surface area contributed by atoms with Gasteiger partial charge in [-0.05, 0) is 104 Å². The third-order valence-electron chi connectivity index (χ3n) is 10.7. The first-order valence-electron chi connectivity index (χ1n) is 18.0. The van der Waals surface area contributed by atoms with E-state index in [9.17, 15) is 0 Å². The Labute approximate surface area is 303 Å². The Hall–Kier alpha value is -6.76. The van der Waals surface area contributed by atoms with Gasteiger partial charge in [0.2, 0.25) is 0 Å². The van der Waals surface area contributed by atoms with Crippen molar-refractivity contribution in [3.63, 3.8) is 0 Å². The third kappa shape index (κ3) is 5.00. The first-order valence-corrected chi connectivity index (χ1v) is 18.0. The summed E-state index contributed by atoms with van der Waals surface area (Å²) < 4.78 is 0. The lowest BCUT2D eigenvalue weighted by molar-refractivity contribution is 1.63. The number of fused-ring (bicyclic) bond motifs is 5. The van der Waals surface area contributed by atoms with Crippen LogP contribution in [0.25, 0.3) is 99.4 Å². The molecule has 10 aromatic carbocycles. The molecule has 52 heavy (non-hydrogen) atoms. The second-order valence-corrected chi connectivity index (χ2v) is 13.6. The first kappa shape index (κ1) is 30.1. The minimum Gasteiger partial charge on any atom is -0.0622 e. The van der Waals surface area contributed by atoms with Crippen LogP contribution in [0.3, 0.4) is 0 Å². The van der Waals surface area contributed by atoms with Crippen LogP contribution in [0.2, 0.25) is 0 Å². The standard InChI is InChI=1S/C52H34/c1-2-14-36(15-3-1)42-33-32-37(41-18-8-9-21-45(41)42)29-26-35-27-30-38(31-28-35)50-46-22-10-12-24-48(46)52(49-25-13-11-23-47(49)50)51-43-19-6-4-16-39(43)34-40-17-5-7-20-44(40)51/h1-34H/b29-26+. The highest BCUT2D eigenvalue weighted by molar-refractivity contribution is 6.27. The van der Waals surface area contributed by atoms with Crippen LogP contribution in [-0.2, 0) is 0 Å². The van der Waals surface area contributed by atoms with Crippen molar-refractivity contribution in [2.75, 3.05) is 0 Å². The molecule has 0 aliphatic heterocycles. The van der Waals surface area contributed by atoms with E-state index in [1.807, 2.05) is 0 Å². The Morgan fingerprint density at radius 3 is 1.33 bits per heavy atom. The average molecular weight is 659 g/mol. The predicted octanol–water partition coefficient (Wildman–Crippen LogP) is 14.6. The zero-order chi connectivity index (χ0) is 34.4. The Morgan fingerprint density at radius 1 is 0.269 bits per heavy atom. The van der Waals surface area contributed by atoms with Crippen LogP contribution in [0.1, 0.15) is 11.1 Å². The van der Waals surface area contributed by atoms with Gasteiger partial charge >= 0.3 is 0 Å². The van der Waals surface area contributed by atoms with Gasteiger partial charge < -0.3 is 0 Å². The minimum atomic E-state index is 1.17.